The number of nitrogens with zero attached hydrogens (tertiary/aromatic N) is 5. The van der Waals surface area contributed by atoms with Gasteiger partial charge in [-0.1, -0.05) is 23.7 Å². The molecule has 1 aliphatic rings. The largest absolute Gasteiger partial charge is 0.362 e. The first-order valence-corrected chi connectivity index (χ1v) is 9.70. The Balaban J connectivity index is 1.45. The second-order valence-corrected chi connectivity index (χ2v) is 7.43. The van der Waals surface area contributed by atoms with Crippen molar-refractivity contribution in [2.75, 3.05) is 31.1 Å². The third kappa shape index (κ3) is 3.75. The molecular weight excluding hydrogens is 394 g/mol. The molecule has 9 heteroatoms. The lowest BCUT2D eigenvalue weighted by Gasteiger charge is -2.36. The summed E-state index contributed by atoms with van der Waals surface area (Å²) in [5.74, 6) is 0.816. The van der Waals surface area contributed by atoms with Crippen LogP contribution >= 0.6 is 11.6 Å². The molecule has 1 saturated heterocycles. The summed E-state index contributed by atoms with van der Waals surface area (Å²) >= 11 is 5.90. The average molecular weight is 414 g/mol. The van der Waals surface area contributed by atoms with Crippen LogP contribution in [-0.2, 0) is 11.3 Å². The van der Waals surface area contributed by atoms with Crippen molar-refractivity contribution in [3.05, 3.63) is 63.4 Å². The van der Waals surface area contributed by atoms with Crippen molar-refractivity contribution >= 4 is 39.9 Å². The fourth-order valence-corrected chi connectivity index (χ4v) is 3.90. The van der Waals surface area contributed by atoms with Crippen molar-refractivity contribution in [1.29, 1.82) is 0 Å². The Labute approximate surface area is 172 Å². The van der Waals surface area contributed by atoms with Gasteiger partial charge in [-0.3, -0.25) is 14.9 Å². The molecular formula is C20H20ClN5O3. The van der Waals surface area contributed by atoms with Crippen molar-refractivity contribution in [2.24, 2.45) is 0 Å². The Morgan fingerprint density at radius 3 is 2.62 bits per heavy atom. The van der Waals surface area contributed by atoms with E-state index < -0.39 is 4.92 Å². The Morgan fingerprint density at radius 2 is 1.90 bits per heavy atom. The van der Waals surface area contributed by atoms with Crippen LogP contribution < -0.4 is 4.90 Å². The molecule has 2 aromatic carbocycles. The molecule has 29 heavy (non-hydrogen) atoms. The zero-order valence-corrected chi connectivity index (χ0v) is 16.7. The van der Waals surface area contributed by atoms with Crippen molar-refractivity contribution in [3.8, 4) is 0 Å². The molecule has 0 saturated carbocycles. The molecule has 4 rings (SSSR count). The van der Waals surface area contributed by atoms with Gasteiger partial charge in [-0.2, -0.15) is 0 Å². The van der Waals surface area contributed by atoms with Crippen LogP contribution in [0, 0.1) is 17.0 Å². The normalized spacial score (nSPS) is 14.4. The lowest BCUT2D eigenvalue weighted by atomic mass is 10.2. The van der Waals surface area contributed by atoms with Crippen LogP contribution in [0.2, 0.25) is 5.02 Å². The number of rotatable bonds is 4. The van der Waals surface area contributed by atoms with Gasteiger partial charge in [0.05, 0.1) is 16.0 Å². The van der Waals surface area contributed by atoms with E-state index in [0.29, 0.717) is 36.9 Å². The number of anilines is 1. The standard InChI is InChI=1S/C20H20ClN5O3/c1-14-22-16-4-2-3-5-17(16)25(14)13-20(27)24-10-8-23(9-11-24)18-7-6-15(21)12-19(18)26(28)29/h2-7,12H,8-11,13H2,1H3. The summed E-state index contributed by atoms with van der Waals surface area (Å²) in [6.45, 7) is 4.18. The van der Waals surface area contributed by atoms with Crippen molar-refractivity contribution in [1.82, 2.24) is 14.5 Å². The number of halogens is 1. The molecule has 0 radical (unpaired) electrons. The molecule has 1 fully saturated rings. The third-order valence-corrected chi connectivity index (χ3v) is 5.48. The SMILES string of the molecule is Cc1nc2ccccc2n1CC(=O)N1CCN(c2ccc(Cl)cc2[N+](=O)[O-])CC1. The zero-order chi connectivity index (χ0) is 20.5. The Kier molecular flexibility index (Phi) is 5.10. The van der Waals surface area contributed by atoms with E-state index in [0.717, 1.165) is 16.9 Å². The molecule has 1 amide bonds. The Bertz CT molecular complexity index is 1090. The molecule has 0 atom stereocenters. The predicted molar refractivity (Wildman–Crippen MR) is 111 cm³/mol. The van der Waals surface area contributed by atoms with Crippen molar-refractivity contribution < 1.29 is 9.72 Å². The van der Waals surface area contributed by atoms with Gasteiger partial charge in [0.1, 0.15) is 18.1 Å². The summed E-state index contributed by atoms with van der Waals surface area (Å²) in [5.41, 5.74) is 2.33. The molecule has 0 bridgehead atoms. The maximum Gasteiger partial charge on any atom is 0.294 e. The summed E-state index contributed by atoms with van der Waals surface area (Å²) in [4.78, 5) is 32.0. The highest BCUT2D eigenvalue weighted by atomic mass is 35.5. The molecule has 1 aromatic heterocycles. The molecule has 1 aliphatic heterocycles. The van der Waals surface area contributed by atoms with Gasteiger partial charge in [-0.25, -0.2) is 4.98 Å². The number of benzene rings is 2. The summed E-state index contributed by atoms with van der Waals surface area (Å²) in [6, 6.07) is 12.4. The molecule has 0 unspecified atom stereocenters. The van der Waals surface area contributed by atoms with Crippen LogP contribution in [0.5, 0.6) is 0 Å². The molecule has 3 aromatic rings. The van der Waals surface area contributed by atoms with Gasteiger partial charge in [-0.05, 0) is 31.2 Å². The number of hydrogen-bond donors (Lipinski definition) is 0. The maximum absolute atomic E-state index is 12.9. The number of amides is 1. The third-order valence-electron chi connectivity index (χ3n) is 5.25. The summed E-state index contributed by atoms with van der Waals surface area (Å²) < 4.78 is 1.92. The van der Waals surface area contributed by atoms with E-state index in [-0.39, 0.29) is 18.1 Å². The number of nitro benzene ring substituents is 1. The lowest BCUT2D eigenvalue weighted by Crippen LogP contribution is -2.49. The number of fused-ring (bicyclic) bond motifs is 1. The number of nitro groups is 1. The van der Waals surface area contributed by atoms with Gasteiger partial charge >= 0.3 is 0 Å². The minimum Gasteiger partial charge on any atom is -0.362 e. The second kappa shape index (κ2) is 7.71. The fraction of sp³-hybridized carbons (Fsp3) is 0.300. The van der Waals surface area contributed by atoms with Gasteiger partial charge in [0.2, 0.25) is 5.91 Å². The van der Waals surface area contributed by atoms with Crippen LogP contribution in [0.3, 0.4) is 0 Å². The van der Waals surface area contributed by atoms with E-state index in [2.05, 4.69) is 4.98 Å². The predicted octanol–water partition coefficient (Wildman–Crippen LogP) is 3.26. The first kappa shape index (κ1) is 19.2. The first-order chi connectivity index (χ1) is 13.9. The maximum atomic E-state index is 12.9. The number of hydrogen-bond acceptors (Lipinski definition) is 5. The van der Waals surface area contributed by atoms with Crippen molar-refractivity contribution in [2.45, 2.75) is 13.5 Å². The van der Waals surface area contributed by atoms with Gasteiger partial charge < -0.3 is 14.4 Å². The number of piperazine rings is 1. The number of carbonyl (C=O) groups is 1. The highest BCUT2D eigenvalue weighted by molar-refractivity contribution is 6.30. The minimum atomic E-state index is -0.425. The lowest BCUT2D eigenvalue weighted by molar-refractivity contribution is -0.384. The van der Waals surface area contributed by atoms with Gasteiger partial charge in [-0.15, -0.1) is 0 Å². The van der Waals surface area contributed by atoms with E-state index in [1.54, 1.807) is 17.0 Å². The monoisotopic (exact) mass is 413 g/mol. The van der Waals surface area contributed by atoms with E-state index >= 15 is 0 Å². The van der Waals surface area contributed by atoms with E-state index in [1.165, 1.54) is 6.07 Å². The van der Waals surface area contributed by atoms with Crippen LogP contribution in [0.1, 0.15) is 5.82 Å². The Hall–Kier alpha value is -3.13. The Morgan fingerprint density at radius 1 is 1.17 bits per heavy atom. The quantitative estimate of drug-likeness (QED) is 0.484. The highest BCUT2D eigenvalue weighted by Gasteiger charge is 2.26. The summed E-state index contributed by atoms with van der Waals surface area (Å²) in [6.07, 6.45) is 0. The van der Waals surface area contributed by atoms with Crippen LogP contribution in [0.25, 0.3) is 11.0 Å². The smallest absolute Gasteiger partial charge is 0.294 e. The van der Waals surface area contributed by atoms with Crippen LogP contribution in [-0.4, -0.2) is 51.5 Å². The molecule has 0 spiro atoms. The highest BCUT2D eigenvalue weighted by Crippen LogP contribution is 2.31. The minimum absolute atomic E-state index is 0.0153. The van der Waals surface area contributed by atoms with Crippen molar-refractivity contribution in [3.63, 3.8) is 0 Å². The molecule has 2 heterocycles. The number of carbonyl (C=O) groups excluding carboxylic acids is 1. The van der Waals surface area contributed by atoms with Crippen LogP contribution in [0.4, 0.5) is 11.4 Å². The second-order valence-electron chi connectivity index (χ2n) is 6.99. The molecule has 0 aliphatic carbocycles. The average Bonchev–Trinajstić information content (AvgIpc) is 3.03. The molecule has 8 nitrogen and oxygen atoms in total. The van der Waals surface area contributed by atoms with E-state index in [4.69, 9.17) is 11.6 Å². The van der Waals surface area contributed by atoms with Gasteiger partial charge in [0.25, 0.3) is 5.69 Å². The number of imidazole rings is 1. The number of aryl methyl sites for hydroxylation is 1. The van der Waals surface area contributed by atoms with Crippen LogP contribution in [0.15, 0.2) is 42.5 Å². The number of aromatic nitrogens is 2. The topological polar surface area (TPSA) is 84.5 Å². The van der Waals surface area contributed by atoms with Gasteiger partial charge in [0, 0.05) is 37.3 Å². The molecule has 0 N–H and O–H groups in total. The summed E-state index contributed by atoms with van der Waals surface area (Å²) in [5, 5.41) is 11.7. The van der Waals surface area contributed by atoms with Gasteiger partial charge in [0.15, 0.2) is 0 Å². The van der Waals surface area contributed by atoms with E-state index in [1.807, 2.05) is 40.7 Å². The van der Waals surface area contributed by atoms with E-state index in [9.17, 15) is 14.9 Å². The zero-order valence-electron chi connectivity index (χ0n) is 15.9. The fourth-order valence-electron chi connectivity index (χ4n) is 3.74. The summed E-state index contributed by atoms with van der Waals surface area (Å²) in [7, 11) is 0. The first-order valence-electron chi connectivity index (χ1n) is 9.32. The molecule has 150 valence electrons. The number of para-hydroxylation sites is 2.